The minimum Gasteiger partial charge on any atom is -0.493 e. The van der Waals surface area contributed by atoms with Gasteiger partial charge in [-0.1, -0.05) is 12.1 Å². The molecule has 1 N–H and O–H groups in total. The van der Waals surface area contributed by atoms with Crippen LogP contribution in [0.1, 0.15) is 25.8 Å². The van der Waals surface area contributed by atoms with Crippen LogP contribution < -0.4 is 14.8 Å². The Morgan fingerprint density at radius 2 is 2.00 bits per heavy atom. The van der Waals surface area contributed by atoms with Gasteiger partial charge in [-0.05, 0) is 19.9 Å². The quantitative estimate of drug-likeness (QED) is 0.753. The molecule has 0 radical (unpaired) electrons. The average Bonchev–Trinajstić information content (AvgIpc) is 2.65. The van der Waals surface area contributed by atoms with Gasteiger partial charge in [0.05, 0.1) is 26.7 Å². The fraction of sp³-hybridized carbons (Fsp3) is 0.579. The zero-order valence-electron chi connectivity index (χ0n) is 16.1. The van der Waals surface area contributed by atoms with E-state index < -0.39 is 6.04 Å². The SMILES string of the molecule is CCN(CC)C(=O)CC1C(=O)NCCN1Cc1cccc(OC)c1OC. The number of hydrogen-bond donors (Lipinski definition) is 1. The molecule has 7 heteroatoms. The van der Waals surface area contributed by atoms with E-state index in [1.54, 1.807) is 19.1 Å². The maximum absolute atomic E-state index is 12.5. The fourth-order valence-electron chi connectivity index (χ4n) is 3.34. The van der Waals surface area contributed by atoms with E-state index in [0.717, 1.165) is 5.56 Å². The summed E-state index contributed by atoms with van der Waals surface area (Å²) < 4.78 is 10.9. The Kier molecular flexibility index (Phi) is 7.26. The highest BCUT2D eigenvalue weighted by atomic mass is 16.5. The summed E-state index contributed by atoms with van der Waals surface area (Å²) in [6, 6.07) is 5.22. The van der Waals surface area contributed by atoms with E-state index in [2.05, 4.69) is 5.32 Å². The molecule has 1 aliphatic heterocycles. The lowest BCUT2D eigenvalue weighted by Gasteiger charge is -2.36. The van der Waals surface area contributed by atoms with Crippen LogP contribution in [0.25, 0.3) is 0 Å². The number of benzene rings is 1. The molecule has 7 nitrogen and oxygen atoms in total. The standard InChI is InChI=1S/C19H29N3O4/c1-5-21(6-2)17(23)12-15-19(24)20-10-11-22(15)13-14-8-7-9-16(25-3)18(14)26-4/h7-9,15H,5-6,10-13H2,1-4H3,(H,20,24). The molecule has 1 fully saturated rings. The van der Waals surface area contributed by atoms with Crippen molar-refractivity contribution in [2.75, 3.05) is 40.4 Å². The van der Waals surface area contributed by atoms with Crippen LogP contribution in [0.2, 0.25) is 0 Å². The highest BCUT2D eigenvalue weighted by molar-refractivity contribution is 5.88. The maximum Gasteiger partial charge on any atom is 0.237 e. The Bertz CT molecular complexity index is 631. The van der Waals surface area contributed by atoms with E-state index in [9.17, 15) is 9.59 Å². The molecule has 0 spiro atoms. The van der Waals surface area contributed by atoms with Crippen molar-refractivity contribution in [3.63, 3.8) is 0 Å². The monoisotopic (exact) mass is 363 g/mol. The first-order valence-corrected chi connectivity index (χ1v) is 9.05. The Balaban J connectivity index is 2.20. The molecule has 0 saturated carbocycles. The Morgan fingerprint density at radius 1 is 1.27 bits per heavy atom. The number of hydrogen-bond acceptors (Lipinski definition) is 5. The molecule has 1 aromatic rings. The second kappa shape index (κ2) is 9.43. The predicted molar refractivity (Wildman–Crippen MR) is 99.3 cm³/mol. The van der Waals surface area contributed by atoms with Gasteiger partial charge in [0.25, 0.3) is 0 Å². The summed E-state index contributed by atoms with van der Waals surface area (Å²) in [5.74, 6) is 1.22. The number of carbonyl (C=O) groups is 2. The van der Waals surface area contributed by atoms with Gasteiger partial charge in [-0.25, -0.2) is 0 Å². The van der Waals surface area contributed by atoms with E-state index in [1.165, 1.54) is 0 Å². The third-order valence-corrected chi connectivity index (χ3v) is 4.78. The molecular formula is C19H29N3O4. The van der Waals surface area contributed by atoms with Crippen molar-refractivity contribution in [2.45, 2.75) is 32.9 Å². The molecule has 26 heavy (non-hydrogen) atoms. The van der Waals surface area contributed by atoms with Crippen molar-refractivity contribution in [1.29, 1.82) is 0 Å². The smallest absolute Gasteiger partial charge is 0.237 e. The number of piperazine rings is 1. The Labute approximate surface area is 155 Å². The van der Waals surface area contributed by atoms with Crippen LogP contribution >= 0.6 is 0 Å². The zero-order valence-corrected chi connectivity index (χ0v) is 16.1. The van der Waals surface area contributed by atoms with Crippen LogP contribution in [0.5, 0.6) is 11.5 Å². The first-order chi connectivity index (χ1) is 12.5. The third kappa shape index (κ3) is 4.46. The molecule has 2 rings (SSSR count). The van der Waals surface area contributed by atoms with Gasteiger partial charge in [-0.2, -0.15) is 0 Å². The van der Waals surface area contributed by atoms with Gasteiger partial charge in [0.1, 0.15) is 0 Å². The average molecular weight is 363 g/mol. The Morgan fingerprint density at radius 3 is 2.62 bits per heavy atom. The van der Waals surface area contributed by atoms with Crippen LogP contribution in [0.15, 0.2) is 18.2 Å². The van der Waals surface area contributed by atoms with E-state index in [1.807, 2.05) is 36.9 Å². The zero-order chi connectivity index (χ0) is 19.1. The van der Waals surface area contributed by atoms with Gasteiger partial charge in [-0.3, -0.25) is 14.5 Å². The molecule has 1 aromatic carbocycles. The molecule has 1 atom stereocenters. The van der Waals surface area contributed by atoms with Gasteiger partial charge in [0, 0.05) is 38.3 Å². The molecule has 1 saturated heterocycles. The highest BCUT2D eigenvalue weighted by Crippen LogP contribution is 2.32. The van der Waals surface area contributed by atoms with E-state index in [4.69, 9.17) is 9.47 Å². The van der Waals surface area contributed by atoms with Crippen LogP contribution in [-0.4, -0.2) is 68.1 Å². The number of nitrogens with one attached hydrogen (secondary N) is 1. The number of methoxy groups -OCH3 is 2. The molecule has 0 aromatic heterocycles. The van der Waals surface area contributed by atoms with Crippen molar-refractivity contribution < 1.29 is 19.1 Å². The minimum absolute atomic E-state index is 0.000317. The van der Waals surface area contributed by atoms with E-state index >= 15 is 0 Å². The molecule has 1 aliphatic rings. The molecular weight excluding hydrogens is 334 g/mol. The molecule has 0 aliphatic carbocycles. The third-order valence-electron chi connectivity index (χ3n) is 4.78. The number of amides is 2. The lowest BCUT2D eigenvalue weighted by Crippen LogP contribution is -2.56. The largest absolute Gasteiger partial charge is 0.493 e. The van der Waals surface area contributed by atoms with E-state index in [0.29, 0.717) is 44.2 Å². The summed E-state index contributed by atoms with van der Waals surface area (Å²) in [5.41, 5.74) is 0.932. The van der Waals surface area contributed by atoms with Crippen LogP contribution in [-0.2, 0) is 16.1 Å². The van der Waals surface area contributed by atoms with Crippen LogP contribution in [0, 0.1) is 0 Å². The summed E-state index contributed by atoms with van der Waals surface area (Å²) >= 11 is 0. The fourth-order valence-corrected chi connectivity index (χ4v) is 3.34. The molecule has 1 heterocycles. The summed E-state index contributed by atoms with van der Waals surface area (Å²) in [5, 5.41) is 2.87. The van der Waals surface area contributed by atoms with Gasteiger partial charge in [0.2, 0.25) is 11.8 Å². The normalized spacial score (nSPS) is 17.5. The molecule has 1 unspecified atom stereocenters. The molecule has 0 bridgehead atoms. The number of nitrogens with zero attached hydrogens (tertiary/aromatic N) is 2. The second-order valence-electron chi connectivity index (χ2n) is 6.20. The molecule has 144 valence electrons. The summed E-state index contributed by atoms with van der Waals surface area (Å²) in [6.45, 7) is 6.95. The van der Waals surface area contributed by atoms with Gasteiger partial charge >= 0.3 is 0 Å². The number of rotatable bonds is 8. The summed E-state index contributed by atoms with van der Waals surface area (Å²) in [6.07, 6.45) is 0.180. The van der Waals surface area contributed by atoms with Crippen molar-refractivity contribution >= 4 is 11.8 Å². The topological polar surface area (TPSA) is 71.1 Å². The lowest BCUT2D eigenvalue weighted by atomic mass is 10.1. The van der Waals surface area contributed by atoms with Gasteiger partial charge in [0.15, 0.2) is 11.5 Å². The summed E-state index contributed by atoms with van der Waals surface area (Å²) in [4.78, 5) is 28.7. The first-order valence-electron chi connectivity index (χ1n) is 9.05. The Hall–Kier alpha value is -2.28. The van der Waals surface area contributed by atoms with Gasteiger partial charge in [-0.15, -0.1) is 0 Å². The van der Waals surface area contributed by atoms with Crippen molar-refractivity contribution in [1.82, 2.24) is 15.1 Å². The van der Waals surface area contributed by atoms with Crippen LogP contribution in [0.4, 0.5) is 0 Å². The van der Waals surface area contributed by atoms with E-state index in [-0.39, 0.29) is 18.2 Å². The van der Waals surface area contributed by atoms with Crippen molar-refractivity contribution in [3.8, 4) is 11.5 Å². The number of ether oxygens (including phenoxy) is 2. The highest BCUT2D eigenvalue weighted by Gasteiger charge is 2.33. The van der Waals surface area contributed by atoms with Gasteiger partial charge < -0.3 is 19.7 Å². The van der Waals surface area contributed by atoms with Crippen LogP contribution in [0.3, 0.4) is 0 Å². The number of para-hydroxylation sites is 1. The second-order valence-corrected chi connectivity index (χ2v) is 6.20. The molecule has 2 amide bonds. The first kappa shape index (κ1) is 20.0. The predicted octanol–water partition coefficient (Wildman–Crippen LogP) is 1.26. The van der Waals surface area contributed by atoms with Crippen molar-refractivity contribution in [2.24, 2.45) is 0 Å². The summed E-state index contributed by atoms with van der Waals surface area (Å²) in [7, 11) is 3.20. The lowest BCUT2D eigenvalue weighted by molar-refractivity contribution is -0.138. The van der Waals surface area contributed by atoms with Crippen molar-refractivity contribution in [3.05, 3.63) is 23.8 Å². The maximum atomic E-state index is 12.5. The number of carbonyl (C=O) groups excluding carboxylic acids is 2. The minimum atomic E-state index is -0.479.